The van der Waals surface area contributed by atoms with E-state index in [2.05, 4.69) is 63.3 Å². The third-order valence-corrected chi connectivity index (χ3v) is 3.04. The van der Waals surface area contributed by atoms with Crippen LogP contribution in [0.3, 0.4) is 0 Å². The Morgan fingerprint density at radius 2 is 2.13 bits per heavy atom. The molecule has 0 atom stereocenters. The highest BCUT2D eigenvalue weighted by Gasteiger charge is 2.04. The van der Waals surface area contributed by atoms with Gasteiger partial charge in [-0.25, -0.2) is 0 Å². The first-order valence-electron chi connectivity index (χ1n) is 5.12. The van der Waals surface area contributed by atoms with Gasteiger partial charge in [0, 0.05) is 30.7 Å². The Morgan fingerprint density at radius 3 is 2.93 bits per heavy atom. The van der Waals surface area contributed by atoms with E-state index < -0.39 is 0 Å². The van der Waals surface area contributed by atoms with E-state index in [1.54, 1.807) is 0 Å². The Bertz CT molecular complexity index is 448. The smallest absolute Gasteiger partial charge is 0.0517 e. The highest BCUT2D eigenvalue weighted by atomic mass is 79.9. The highest BCUT2D eigenvalue weighted by Crippen LogP contribution is 2.20. The maximum atomic E-state index is 3.36. The summed E-state index contributed by atoms with van der Waals surface area (Å²) in [4.78, 5) is 0. The number of alkyl halides is 1. The van der Waals surface area contributed by atoms with E-state index in [-0.39, 0.29) is 0 Å². The summed E-state index contributed by atoms with van der Waals surface area (Å²) < 4.78 is 2.19. The summed E-state index contributed by atoms with van der Waals surface area (Å²) in [7, 11) is 2.10. The van der Waals surface area contributed by atoms with Crippen LogP contribution < -0.4 is 5.32 Å². The molecule has 1 aromatic carbocycles. The number of aromatic nitrogens is 1. The van der Waals surface area contributed by atoms with Crippen molar-refractivity contribution in [3.63, 3.8) is 0 Å². The lowest BCUT2D eigenvalue weighted by atomic mass is 10.1. The Hall–Kier alpha value is -0.800. The van der Waals surface area contributed by atoms with Crippen LogP contribution in [0.2, 0.25) is 0 Å². The summed E-state index contributed by atoms with van der Waals surface area (Å²) in [6, 6.07) is 8.54. The van der Waals surface area contributed by atoms with Crippen molar-refractivity contribution in [2.24, 2.45) is 7.05 Å². The van der Waals surface area contributed by atoms with E-state index in [9.17, 15) is 0 Å². The standard InChI is InChI=1S/C12H15BrN2/c1-15-8-10(6-7-14-9-13)11-4-2-3-5-12(11)15/h2-5,8,14H,6-7,9H2,1H3. The number of nitrogens with one attached hydrogen (secondary N) is 1. The zero-order valence-electron chi connectivity index (χ0n) is 8.83. The van der Waals surface area contributed by atoms with Crippen LogP contribution in [0, 0.1) is 0 Å². The van der Waals surface area contributed by atoms with Crippen LogP contribution in [0.4, 0.5) is 0 Å². The van der Waals surface area contributed by atoms with Gasteiger partial charge in [-0.2, -0.15) is 0 Å². The number of halogens is 1. The van der Waals surface area contributed by atoms with Crippen LogP contribution in [0.15, 0.2) is 30.5 Å². The molecule has 0 bridgehead atoms. The summed E-state index contributed by atoms with van der Waals surface area (Å²) in [6.45, 7) is 1.01. The molecule has 0 radical (unpaired) electrons. The minimum atomic E-state index is 0.859. The number of benzene rings is 1. The summed E-state index contributed by atoms with van der Waals surface area (Å²) in [5.41, 5.74) is 3.59. The van der Waals surface area contributed by atoms with Crippen LogP contribution in [-0.2, 0) is 13.5 Å². The number of fused-ring (bicyclic) bond motifs is 1. The predicted octanol–water partition coefficient (Wildman–Crippen LogP) is 2.66. The molecule has 2 rings (SSSR count). The van der Waals surface area contributed by atoms with Crippen molar-refractivity contribution in [2.75, 3.05) is 12.0 Å². The quantitative estimate of drug-likeness (QED) is 0.512. The zero-order valence-corrected chi connectivity index (χ0v) is 10.4. The number of nitrogens with zero attached hydrogens (tertiary/aromatic N) is 1. The molecular formula is C12H15BrN2. The van der Waals surface area contributed by atoms with Gasteiger partial charge in [-0.05, 0) is 18.1 Å². The minimum absolute atomic E-state index is 0.859. The number of hydrogen-bond acceptors (Lipinski definition) is 1. The molecule has 0 saturated heterocycles. The molecule has 0 fully saturated rings. The van der Waals surface area contributed by atoms with E-state index in [0.717, 1.165) is 18.4 Å². The molecular weight excluding hydrogens is 252 g/mol. The van der Waals surface area contributed by atoms with Crippen molar-refractivity contribution >= 4 is 26.8 Å². The van der Waals surface area contributed by atoms with Gasteiger partial charge in [-0.3, -0.25) is 0 Å². The van der Waals surface area contributed by atoms with Crippen LogP contribution in [-0.4, -0.2) is 16.6 Å². The molecule has 2 nitrogen and oxygen atoms in total. The highest BCUT2D eigenvalue weighted by molar-refractivity contribution is 9.09. The topological polar surface area (TPSA) is 17.0 Å². The van der Waals surface area contributed by atoms with E-state index >= 15 is 0 Å². The maximum Gasteiger partial charge on any atom is 0.0517 e. The van der Waals surface area contributed by atoms with Gasteiger partial charge in [0.25, 0.3) is 0 Å². The minimum Gasteiger partial charge on any atom is -0.350 e. The summed E-state index contributed by atoms with van der Waals surface area (Å²) in [5.74, 6) is 0. The third kappa shape index (κ3) is 2.24. The Balaban J connectivity index is 2.27. The van der Waals surface area contributed by atoms with Gasteiger partial charge in [-0.15, -0.1) is 0 Å². The molecule has 0 saturated carbocycles. The normalized spacial score (nSPS) is 11.1. The monoisotopic (exact) mass is 266 g/mol. The average Bonchev–Trinajstić information content (AvgIpc) is 2.58. The van der Waals surface area contributed by atoms with Gasteiger partial charge in [0.05, 0.1) is 5.45 Å². The van der Waals surface area contributed by atoms with Gasteiger partial charge < -0.3 is 9.88 Å². The van der Waals surface area contributed by atoms with E-state index in [1.807, 2.05) is 0 Å². The van der Waals surface area contributed by atoms with Gasteiger partial charge in [0.1, 0.15) is 0 Å². The predicted molar refractivity (Wildman–Crippen MR) is 68.4 cm³/mol. The summed E-state index contributed by atoms with van der Waals surface area (Å²) >= 11 is 3.36. The van der Waals surface area contributed by atoms with Gasteiger partial charge in [-0.1, -0.05) is 34.1 Å². The lowest BCUT2D eigenvalue weighted by molar-refractivity contribution is 0.779. The molecule has 1 N–H and O–H groups in total. The van der Waals surface area contributed by atoms with Crippen LogP contribution in [0.1, 0.15) is 5.56 Å². The molecule has 0 aliphatic carbocycles. The fraction of sp³-hybridized carbons (Fsp3) is 0.333. The first kappa shape index (κ1) is 10.7. The van der Waals surface area contributed by atoms with Crippen molar-refractivity contribution in [1.29, 1.82) is 0 Å². The second kappa shape index (κ2) is 4.81. The molecule has 1 aromatic heterocycles. The fourth-order valence-corrected chi connectivity index (χ4v) is 2.20. The molecule has 0 aliphatic heterocycles. The largest absolute Gasteiger partial charge is 0.350 e. The van der Waals surface area contributed by atoms with Crippen LogP contribution >= 0.6 is 15.9 Å². The molecule has 2 aromatic rings. The van der Waals surface area contributed by atoms with Crippen LogP contribution in [0.5, 0.6) is 0 Å². The molecule has 0 unspecified atom stereocenters. The average molecular weight is 267 g/mol. The fourth-order valence-electron chi connectivity index (χ4n) is 1.91. The number of para-hydroxylation sites is 1. The van der Waals surface area contributed by atoms with Gasteiger partial charge in [0.2, 0.25) is 0 Å². The van der Waals surface area contributed by atoms with Gasteiger partial charge in [0.15, 0.2) is 0 Å². The Labute approximate surface area is 98.4 Å². The SMILES string of the molecule is Cn1cc(CCNCBr)c2ccccc21. The van der Waals surface area contributed by atoms with Crippen molar-refractivity contribution in [1.82, 2.24) is 9.88 Å². The molecule has 0 spiro atoms. The first-order valence-corrected chi connectivity index (χ1v) is 6.24. The van der Waals surface area contributed by atoms with Crippen molar-refractivity contribution < 1.29 is 0 Å². The lowest BCUT2D eigenvalue weighted by Crippen LogP contribution is -2.14. The third-order valence-electron chi connectivity index (χ3n) is 2.65. The molecule has 0 aliphatic rings. The molecule has 0 amide bonds. The Kier molecular flexibility index (Phi) is 3.44. The van der Waals surface area contributed by atoms with E-state index in [4.69, 9.17) is 0 Å². The van der Waals surface area contributed by atoms with Crippen LogP contribution in [0.25, 0.3) is 10.9 Å². The number of rotatable bonds is 4. The molecule has 1 heterocycles. The zero-order chi connectivity index (χ0) is 10.7. The maximum absolute atomic E-state index is 3.36. The first-order chi connectivity index (χ1) is 7.33. The van der Waals surface area contributed by atoms with Crippen molar-refractivity contribution in [3.05, 3.63) is 36.0 Å². The van der Waals surface area contributed by atoms with Crippen molar-refractivity contribution in [2.45, 2.75) is 6.42 Å². The summed E-state index contributed by atoms with van der Waals surface area (Å²) in [5, 5.41) is 4.65. The van der Waals surface area contributed by atoms with E-state index in [0.29, 0.717) is 0 Å². The van der Waals surface area contributed by atoms with Gasteiger partial charge >= 0.3 is 0 Å². The molecule has 3 heteroatoms. The Morgan fingerprint density at radius 1 is 1.33 bits per heavy atom. The van der Waals surface area contributed by atoms with E-state index in [1.165, 1.54) is 16.5 Å². The molecule has 80 valence electrons. The second-order valence-corrected chi connectivity index (χ2v) is 4.23. The lowest BCUT2D eigenvalue weighted by Gasteiger charge is -1.99. The molecule has 15 heavy (non-hydrogen) atoms. The number of hydrogen-bond donors (Lipinski definition) is 1. The number of aryl methyl sites for hydroxylation is 1. The summed E-state index contributed by atoms with van der Waals surface area (Å²) in [6.07, 6.45) is 3.30. The second-order valence-electron chi connectivity index (χ2n) is 3.67. The van der Waals surface area contributed by atoms with Crippen molar-refractivity contribution in [3.8, 4) is 0 Å².